The van der Waals surface area contributed by atoms with Crippen LogP contribution in [0.5, 0.6) is 0 Å². The van der Waals surface area contributed by atoms with E-state index in [0.29, 0.717) is 0 Å². The van der Waals surface area contributed by atoms with Crippen LogP contribution in [0.4, 0.5) is 0 Å². The second-order valence-electron chi connectivity index (χ2n) is 1.31. The summed E-state index contributed by atoms with van der Waals surface area (Å²) < 4.78 is 0. The van der Waals surface area contributed by atoms with E-state index in [-0.39, 0.29) is 5.75 Å². The molecule has 0 aromatic heterocycles. The van der Waals surface area contributed by atoms with Gasteiger partial charge in [-0.3, -0.25) is 0 Å². The third kappa shape index (κ3) is 2.87. The quantitative estimate of drug-likeness (QED) is 0.564. The number of hydrogen-bond acceptors (Lipinski definition) is 3. The molecule has 0 fully saturated rings. The van der Waals surface area contributed by atoms with Gasteiger partial charge in [0.1, 0.15) is 0 Å². The molecule has 0 amide bonds. The van der Waals surface area contributed by atoms with Crippen molar-refractivity contribution in [3.63, 3.8) is 0 Å². The Bertz CT molecular complexity index is 83.4. The van der Waals surface area contributed by atoms with Crippen molar-refractivity contribution in [3.05, 3.63) is 0 Å². The molecule has 0 aromatic rings. The summed E-state index contributed by atoms with van der Waals surface area (Å²) in [6.45, 7) is 0. The molecule has 0 spiro atoms. The lowest BCUT2D eigenvalue weighted by atomic mass is 10.4. The number of aliphatic carboxylic acids is 1. The SMILES string of the molecule is CSC[C@H](O)C(=O)O. The molecule has 0 saturated heterocycles. The van der Waals surface area contributed by atoms with Gasteiger partial charge in [-0.05, 0) is 6.26 Å². The minimum Gasteiger partial charge on any atom is -0.479 e. The Morgan fingerprint density at radius 1 is 1.88 bits per heavy atom. The van der Waals surface area contributed by atoms with E-state index in [0.717, 1.165) is 0 Å². The van der Waals surface area contributed by atoms with Gasteiger partial charge < -0.3 is 10.2 Å². The lowest BCUT2D eigenvalue weighted by Crippen LogP contribution is -2.21. The van der Waals surface area contributed by atoms with Crippen LogP contribution < -0.4 is 0 Å². The smallest absolute Gasteiger partial charge is 0.333 e. The monoisotopic (exact) mass is 136 g/mol. The molecular weight excluding hydrogens is 128 g/mol. The van der Waals surface area contributed by atoms with E-state index < -0.39 is 12.1 Å². The number of carboxylic acid groups (broad SMARTS) is 1. The Morgan fingerprint density at radius 3 is 2.50 bits per heavy atom. The standard InChI is InChI=1S/C4H8O3S/c1-8-2-3(5)4(6)7/h3,5H,2H2,1H3,(H,6,7)/t3-/m0/s1. The zero-order valence-corrected chi connectivity index (χ0v) is 5.31. The Balaban J connectivity index is 3.32. The average molecular weight is 136 g/mol. The largest absolute Gasteiger partial charge is 0.479 e. The Kier molecular flexibility index (Phi) is 3.64. The molecule has 0 aliphatic carbocycles. The van der Waals surface area contributed by atoms with Crippen LogP contribution in [0.3, 0.4) is 0 Å². The van der Waals surface area contributed by atoms with E-state index >= 15 is 0 Å². The van der Waals surface area contributed by atoms with Crippen molar-refractivity contribution in [3.8, 4) is 0 Å². The average Bonchev–Trinajstić information content (AvgIpc) is 1.67. The van der Waals surface area contributed by atoms with Gasteiger partial charge in [0.05, 0.1) is 0 Å². The maximum atomic E-state index is 9.83. The second kappa shape index (κ2) is 3.74. The van der Waals surface area contributed by atoms with Gasteiger partial charge in [0.25, 0.3) is 0 Å². The van der Waals surface area contributed by atoms with Crippen LogP contribution in [0.2, 0.25) is 0 Å². The minimum atomic E-state index is -1.20. The van der Waals surface area contributed by atoms with Crippen molar-refractivity contribution in [2.24, 2.45) is 0 Å². The summed E-state index contributed by atoms with van der Waals surface area (Å²) in [5.74, 6) is -0.894. The van der Waals surface area contributed by atoms with E-state index in [1.807, 2.05) is 0 Å². The van der Waals surface area contributed by atoms with Gasteiger partial charge in [-0.1, -0.05) is 0 Å². The van der Waals surface area contributed by atoms with Crippen LogP contribution in [0, 0.1) is 0 Å². The molecule has 1 atom stereocenters. The van der Waals surface area contributed by atoms with Gasteiger partial charge in [-0.25, -0.2) is 4.79 Å². The van der Waals surface area contributed by atoms with Crippen LogP contribution in [0.1, 0.15) is 0 Å². The molecule has 0 saturated carbocycles. The summed E-state index contributed by atoms with van der Waals surface area (Å²) in [4.78, 5) is 9.83. The number of rotatable bonds is 3. The van der Waals surface area contributed by atoms with Gasteiger partial charge in [0, 0.05) is 5.75 Å². The maximum Gasteiger partial charge on any atom is 0.333 e. The Hall–Kier alpha value is -0.220. The molecular formula is C4H8O3S. The first-order chi connectivity index (χ1) is 3.68. The molecule has 0 aliphatic rings. The summed E-state index contributed by atoms with van der Waals surface area (Å²) in [5.41, 5.74) is 0. The predicted molar refractivity (Wildman–Crippen MR) is 32.0 cm³/mol. The Morgan fingerprint density at radius 2 is 2.38 bits per heavy atom. The van der Waals surface area contributed by atoms with E-state index in [4.69, 9.17) is 10.2 Å². The molecule has 0 aromatic carbocycles. The first kappa shape index (κ1) is 7.78. The fraction of sp³-hybridized carbons (Fsp3) is 0.750. The number of thioether (sulfide) groups is 1. The third-order valence-electron chi connectivity index (χ3n) is 0.610. The first-order valence-electron chi connectivity index (χ1n) is 2.08. The number of aliphatic hydroxyl groups is 1. The van der Waals surface area contributed by atoms with Gasteiger partial charge in [-0.15, -0.1) is 0 Å². The highest BCUT2D eigenvalue weighted by Crippen LogP contribution is 1.95. The van der Waals surface area contributed by atoms with Gasteiger partial charge >= 0.3 is 5.97 Å². The molecule has 0 unspecified atom stereocenters. The lowest BCUT2D eigenvalue weighted by Gasteiger charge is -1.99. The van der Waals surface area contributed by atoms with Gasteiger partial charge in [-0.2, -0.15) is 11.8 Å². The highest BCUT2D eigenvalue weighted by atomic mass is 32.2. The van der Waals surface area contributed by atoms with Crippen molar-refractivity contribution in [2.75, 3.05) is 12.0 Å². The maximum absolute atomic E-state index is 9.83. The zero-order chi connectivity index (χ0) is 6.57. The van der Waals surface area contributed by atoms with Crippen molar-refractivity contribution in [1.29, 1.82) is 0 Å². The third-order valence-corrected chi connectivity index (χ3v) is 1.26. The number of aliphatic hydroxyl groups excluding tert-OH is 1. The molecule has 0 radical (unpaired) electrons. The van der Waals surface area contributed by atoms with E-state index in [2.05, 4.69) is 0 Å². The molecule has 48 valence electrons. The van der Waals surface area contributed by atoms with Crippen molar-refractivity contribution >= 4 is 17.7 Å². The second-order valence-corrected chi connectivity index (χ2v) is 2.22. The molecule has 8 heavy (non-hydrogen) atoms. The summed E-state index contributed by atoms with van der Waals surface area (Å²) in [6.07, 6.45) is 0.539. The summed E-state index contributed by atoms with van der Waals surface area (Å²) in [7, 11) is 0. The van der Waals surface area contributed by atoms with Crippen molar-refractivity contribution < 1.29 is 15.0 Å². The minimum absolute atomic E-state index is 0.259. The van der Waals surface area contributed by atoms with Crippen LogP contribution in [-0.4, -0.2) is 34.3 Å². The van der Waals surface area contributed by atoms with E-state index in [1.54, 1.807) is 6.26 Å². The normalized spacial score (nSPS) is 13.2. The topological polar surface area (TPSA) is 57.5 Å². The van der Waals surface area contributed by atoms with E-state index in [1.165, 1.54) is 11.8 Å². The summed E-state index contributed by atoms with van der Waals surface area (Å²) >= 11 is 1.31. The molecule has 4 heteroatoms. The molecule has 0 aliphatic heterocycles. The highest BCUT2D eigenvalue weighted by molar-refractivity contribution is 7.98. The fourth-order valence-electron chi connectivity index (χ4n) is 0.229. The van der Waals surface area contributed by atoms with Crippen LogP contribution in [0.25, 0.3) is 0 Å². The number of carbonyl (C=O) groups is 1. The zero-order valence-electron chi connectivity index (χ0n) is 4.50. The van der Waals surface area contributed by atoms with Gasteiger partial charge in [0.2, 0.25) is 0 Å². The van der Waals surface area contributed by atoms with Gasteiger partial charge in [0.15, 0.2) is 6.10 Å². The summed E-state index contributed by atoms with van der Waals surface area (Å²) in [6, 6.07) is 0. The van der Waals surface area contributed by atoms with E-state index in [9.17, 15) is 4.79 Å². The van der Waals surface area contributed by atoms with Crippen LogP contribution in [-0.2, 0) is 4.79 Å². The van der Waals surface area contributed by atoms with Crippen molar-refractivity contribution in [2.45, 2.75) is 6.10 Å². The molecule has 0 rings (SSSR count). The molecule has 3 nitrogen and oxygen atoms in total. The van der Waals surface area contributed by atoms with Crippen LogP contribution >= 0.6 is 11.8 Å². The first-order valence-corrected chi connectivity index (χ1v) is 3.47. The molecule has 0 bridgehead atoms. The predicted octanol–water partition coefficient (Wildman–Crippen LogP) is -0.205. The fourth-order valence-corrected chi connectivity index (χ4v) is 0.687. The lowest BCUT2D eigenvalue weighted by molar-refractivity contribution is -0.145. The highest BCUT2D eigenvalue weighted by Gasteiger charge is 2.10. The molecule has 0 heterocycles. The Labute approximate surface area is 51.7 Å². The number of carboxylic acids is 1. The van der Waals surface area contributed by atoms with Crippen molar-refractivity contribution in [1.82, 2.24) is 0 Å². The summed E-state index contributed by atoms with van der Waals surface area (Å²) in [5, 5.41) is 16.6. The van der Waals surface area contributed by atoms with Crippen LogP contribution in [0.15, 0.2) is 0 Å². The molecule has 2 N–H and O–H groups in total. The number of hydrogen-bond donors (Lipinski definition) is 2.